The van der Waals surface area contributed by atoms with Crippen molar-refractivity contribution in [1.29, 1.82) is 0 Å². The van der Waals surface area contributed by atoms with E-state index in [0.717, 1.165) is 50.6 Å². The van der Waals surface area contributed by atoms with Gasteiger partial charge in [-0.3, -0.25) is 0 Å². The molecular weight excluding hydrogens is 438 g/mol. The molecule has 1 aliphatic heterocycles. The van der Waals surface area contributed by atoms with E-state index < -0.39 is 10.2 Å². The van der Waals surface area contributed by atoms with E-state index in [1.165, 1.54) is 0 Å². The van der Waals surface area contributed by atoms with E-state index >= 15 is 0 Å². The first kappa shape index (κ1) is 23.5. The molecule has 0 spiro atoms. The van der Waals surface area contributed by atoms with E-state index in [9.17, 15) is 0 Å². The van der Waals surface area contributed by atoms with Crippen LogP contribution in [-0.2, 0) is 0 Å². The van der Waals surface area contributed by atoms with Gasteiger partial charge in [-0.05, 0) is 47.0 Å². The van der Waals surface area contributed by atoms with Crippen molar-refractivity contribution in [3.63, 3.8) is 0 Å². The molecule has 0 aromatic heterocycles. The summed E-state index contributed by atoms with van der Waals surface area (Å²) in [6.07, 6.45) is 2.09. The molecule has 1 heterocycles. The zero-order chi connectivity index (χ0) is 23.5. The first-order valence-electron chi connectivity index (χ1n) is 9.42. The zero-order valence-electron chi connectivity index (χ0n) is 18.0. The van der Waals surface area contributed by atoms with Crippen LogP contribution < -0.4 is 32.8 Å². The van der Waals surface area contributed by atoms with Crippen molar-refractivity contribution in [3.8, 4) is 17.2 Å². The molecule has 1 aliphatic rings. The predicted molar refractivity (Wildman–Crippen MR) is 108 cm³/mol. The van der Waals surface area contributed by atoms with E-state index in [2.05, 4.69) is 30.3 Å². The quantitative estimate of drug-likeness (QED) is 0.488. The molecule has 9 heteroatoms. The Morgan fingerprint density at radius 2 is 1.50 bits per heavy atom. The van der Waals surface area contributed by atoms with Gasteiger partial charge in [0.05, 0.1) is 20.3 Å². The summed E-state index contributed by atoms with van der Waals surface area (Å²) in [6.45, 7) is 0. The molecule has 4 rings (SSSR count). The van der Waals surface area contributed by atoms with E-state index in [1.54, 1.807) is 14.2 Å². The van der Waals surface area contributed by atoms with Gasteiger partial charge in [-0.2, -0.15) is 0 Å². The Balaban J connectivity index is 0.000000523. The van der Waals surface area contributed by atoms with Gasteiger partial charge in [0.15, 0.2) is 0 Å². The summed E-state index contributed by atoms with van der Waals surface area (Å²) in [5, 5.41) is 2.09. The second-order valence-electron chi connectivity index (χ2n) is 6.99. The smallest absolute Gasteiger partial charge is 0.368 e. The largest absolute Gasteiger partial charge is 0.497 e. The van der Waals surface area contributed by atoms with Crippen molar-refractivity contribution in [2.45, 2.75) is 0 Å². The van der Waals surface area contributed by atoms with Gasteiger partial charge in [0.25, 0.3) is 0 Å². The van der Waals surface area contributed by atoms with Crippen LogP contribution in [0.1, 0.15) is 11.1 Å². The maximum atomic E-state index is 8.49. The van der Waals surface area contributed by atoms with Crippen molar-refractivity contribution < 1.29 is 47.7 Å². The highest BCUT2D eigenvalue weighted by molar-refractivity contribution is 6.10. The average Bonchev–Trinajstić information content (AvgIpc) is 2.91. The standard InChI is InChI=1S/C23H22NO3.ClHO4/c1-24(2)22-14-19(15-8-10-16(25-3)11-9-15)17-12-13-20(26-4)18-6-5-7-21(27-22)23(17)18;2-1(3,4)5/h5-14H,1-4H3;(H,2,3,4,5)/q+1;/p-1. The molecule has 0 saturated heterocycles. The van der Waals surface area contributed by atoms with Crippen molar-refractivity contribution in [2.75, 3.05) is 28.3 Å². The van der Waals surface area contributed by atoms with E-state index in [-0.39, 0.29) is 0 Å². The summed E-state index contributed by atoms with van der Waals surface area (Å²) in [7, 11) is 2.39. The number of hydrogen-bond acceptors (Lipinski definition) is 7. The van der Waals surface area contributed by atoms with Crippen LogP contribution in [-0.4, -0.2) is 38.8 Å². The third-order valence-electron chi connectivity index (χ3n) is 4.80. The summed E-state index contributed by atoms with van der Waals surface area (Å²) in [5.41, 5.74) is 3.31. The molecule has 3 aromatic rings. The number of benzene rings is 3. The van der Waals surface area contributed by atoms with E-state index in [1.807, 2.05) is 49.0 Å². The van der Waals surface area contributed by atoms with Gasteiger partial charge in [0, 0.05) is 10.8 Å². The highest BCUT2D eigenvalue weighted by atomic mass is 35.7. The Bertz CT molecular complexity index is 1170. The summed E-state index contributed by atoms with van der Waals surface area (Å²) in [5.74, 6) is 3.27. The molecule has 0 bridgehead atoms. The lowest BCUT2D eigenvalue weighted by Gasteiger charge is -2.17. The second kappa shape index (κ2) is 9.56. The third-order valence-corrected chi connectivity index (χ3v) is 4.80. The Morgan fingerprint density at radius 3 is 2.06 bits per heavy atom. The highest BCUT2D eigenvalue weighted by Crippen LogP contribution is 2.41. The third kappa shape index (κ3) is 5.37. The fourth-order valence-corrected chi connectivity index (χ4v) is 3.41. The van der Waals surface area contributed by atoms with Gasteiger partial charge in [-0.25, -0.2) is 23.2 Å². The van der Waals surface area contributed by atoms with Crippen LogP contribution >= 0.6 is 0 Å². The molecule has 0 amide bonds. The lowest BCUT2D eigenvalue weighted by molar-refractivity contribution is -2.00. The van der Waals surface area contributed by atoms with Crippen LogP contribution in [0.4, 0.5) is 0 Å². The van der Waals surface area contributed by atoms with Crippen LogP contribution in [0.3, 0.4) is 0 Å². The minimum Gasteiger partial charge on any atom is -0.497 e. The maximum Gasteiger partial charge on any atom is 0.368 e. The normalized spacial score (nSPS) is 12.8. The summed E-state index contributed by atoms with van der Waals surface area (Å²) in [6, 6.07) is 18.3. The number of methoxy groups -OCH3 is 2. The fraction of sp³-hybridized carbons (Fsp3) is 0.174. The zero-order valence-corrected chi connectivity index (χ0v) is 18.7. The van der Waals surface area contributed by atoms with Gasteiger partial charge < -0.3 is 14.2 Å². The molecule has 168 valence electrons. The van der Waals surface area contributed by atoms with Crippen LogP contribution in [0.15, 0.2) is 60.7 Å². The second-order valence-corrected chi connectivity index (χ2v) is 7.75. The van der Waals surface area contributed by atoms with Crippen molar-refractivity contribution in [3.05, 3.63) is 71.8 Å². The maximum absolute atomic E-state index is 8.49. The molecule has 0 N–H and O–H groups in total. The summed E-state index contributed by atoms with van der Waals surface area (Å²) < 4.78 is 53.1. The molecule has 0 atom stereocenters. The Labute approximate surface area is 187 Å². The molecule has 0 aliphatic carbocycles. The van der Waals surface area contributed by atoms with Crippen molar-refractivity contribution >= 4 is 22.2 Å². The highest BCUT2D eigenvalue weighted by Gasteiger charge is 2.23. The van der Waals surface area contributed by atoms with E-state index in [4.69, 9.17) is 32.8 Å². The van der Waals surface area contributed by atoms with Crippen LogP contribution in [0.5, 0.6) is 17.2 Å². The first-order chi connectivity index (χ1) is 15.1. The Kier molecular flexibility index (Phi) is 7.02. The minimum absolute atomic E-state index is 0.781. The fourth-order valence-electron chi connectivity index (χ4n) is 3.41. The number of hydrogen-bond donors (Lipinski definition) is 0. The van der Waals surface area contributed by atoms with Crippen molar-refractivity contribution in [2.24, 2.45) is 0 Å². The van der Waals surface area contributed by atoms with Gasteiger partial charge in [0.1, 0.15) is 31.3 Å². The number of rotatable bonds is 3. The number of halogens is 1. The Morgan fingerprint density at radius 1 is 0.844 bits per heavy atom. The SMILES string of the molecule is COc1ccc(C2=CC(=[N+](C)C)Oc3cccc4c(OC)ccc2c34)cc1.[O-][Cl+3]([O-])([O-])[O-]. The van der Waals surface area contributed by atoms with Crippen LogP contribution in [0.25, 0.3) is 16.3 Å². The lowest BCUT2D eigenvalue weighted by atomic mass is 9.92. The van der Waals surface area contributed by atoms with Gasteiger partial charge in [-0.1, -0.05) is 24.3 Å². The topological polar surface area (TPSA) is 123 Å². The minimum atomic E-state index is -4.94. The predicted octanol–water partition coefficient (Wildman–Crippen LogP) is -0.404. The number of ether oxygens (including phenoxy) is 3. The van der Waals surface area contributed by atoms with Gasteiger partial charge in [-0.15, -0.1) is 10.2 Å². The monoisotopic (exact) mass is 459 g/mol. The van der Waals surface area contributed by atoms with E-state index in [0.29, 0.717) is 0 Å². The van der Waals surface area contributed by atoms with Crippen molar-refractivity contribution in [1.82, 2.24) is 0 Å². The van der Waals surface area contributed by atoms with Gasteiger partial charge in [0.2, 0.25) is 0 Å². The lowest BCUT2D eigenvalue weighted by Crippen LogP contribution is -2.68. The molecule has 3 aromatic carbocycles. The van der Waals surface area contributed by atoms with Crippen LogP contribution in [0.2, 0.25) is 0 Å². The summed E-state index contributed by atoms with van der Waals surface area (Å²) >= 11 is 0. The molecule has 0 saturated carbocycles. The Hall–Kier alpha value is -3.14. The molecule has 32 heavy (non-hydrogen) atoms. The molecule has 0 unspecified atom stereocenters. The molecular formula is C23H22ClNO7. The molecule has 0 radical (unpaired) electrons. The molecule has 0 fully saturated rings. The van der Waals surface area contributed by atoms with Crippen LogP contribution in [0, 0.1) is 10.2 Å². The first-order valence-corrected chi connectivity index (χ1v) is 10.7. The molecule has 8 nitrogen and oxygen atoms in total. The van der Waals surface area contributed by atoms with Gasteiger partial charge >= 0.3 is 5.90 Å². The average molecular weight is 460 g/mol. The summed E-state index contributed by atoms with van der Waals surface area (Å²) in [4.78, 5) is 0. The number of nitrogens with zero attached hydrogens (tertiary/aromatic N) is 1.